The average molecular weight is 636 g/mol. The van der Waals surface area contributed by atoms with E-state index in [1.807, 2.05) is 38.1 Å². The van der Waals surface area contributed by atoms with Crippen LogP contribution >= 0.6 is 0 Å². The maximum absolute atomic E-state index is 13.5. The van der Waals surface area contributed by atoms with Crippen molar-refractivity contribution >= 4 is 23.6 Å². The molecule has 4 rings (SSSR count). The lowest BCUT2D eigenvalue weighted by molar-refractivity contribution is -0.132. The summed E-state index contributed by atoms with van der Waals surface area (Å²) in [6.07, 6.45) is 0.970. The first-order valence-corrected chi connectivity index (χ1v) is 16.4. The minimum atomic E-state index is -1.18. The topological polar surface area (TPSA) is 138 Å². The maximum atomic E-state index is 13.5. The summed E-state index contributed by atoms with van der Waals surface area (Å²) in [6, 6.07) is 12.4. The summed E-state index contributed by atoms with van der Waals surface area (Å²) in [5.74, 6) is -1.40. The third-order valence-corrected chi connectivity index (χ3v) is 8.50. The van der Waals surface area contributed by atoms with Gasteiger partial charge in [-0.1, -0.05) is 70.5 Å². The van der Waals surface area contributed by atoms with Gasteiger partial charge in [0.25, 0.3) is 5.91 Å². The molecule has 0 radical (unpaired) electrons. The number of hydrogen-bond donors (Lipinski definition) is 4. The molecule has 46 heavy (non-hydrogen) atoms. The second-order valence-electron chi connectivity index (χ2n) is 12.7. The highest BCUT2D eigenvalue weighted by atomic mass is 16.5. The van der Waals surface area contributed by atoms with E-state index in [0.717, 1.165) is 38.4 Å². The predicted octanol–water partition coefficient (Wildman–Crippen LogP) is 2.78. The molecule has 4 atom stereocenters. The summed E-state index contributed by atoms with van der Waals surface area (Å²) in [5.41, 5.74) is 2.29. The second kappa shape index (κ2) is 17.1. The standard InChI is InChI=1S/C35H49N5O6/c1-5-24(4)32-35(44)37-27(18-23(2)3)22-46-30-9-7-6-8-28(30)33(42)38-29(19-31(41)39-32)34(43)36-20-25-10-12-26(13-11-25)21-40-14-16-45-17-15-40/h6-13,23-24,27,29,32H,5,14-22H2,1-4H3,(H,36,43)(H,37,44)(H,38,42)(H,39,41)/t24-,27+,29-,32-/m0/s1. The van der Waals surface area contributed by atoms with E-state index in [1.165, 1.54) is 5.56 Å². The highest BCUT2D eigenvalue weighted by Crippen LogP contribution is 2.20. The zero-order valence-corrected chi connectivity index (χ0v) is 27.5. The number of carbonyl (C=O) groups excluding carboxylic acids is 4. The molecule has 4 N–H and O–H groups in total. The van der Waals surface area contributed by atoms with E-state index >= 15 is 0 Å². The molecule has 0 unspecified atom stereocenters. The Bertz CT molecular complexity index is 1330. The quantitative estimate of drug-likeness (QED) is 0.333. The summed E-state index contributed by atoms with van der Waals surface area (Å²) in [4.78, 5) is 56.2. The number of amides is 4. The van der Waals surface area contributed by atoms with Gasteiger partial charge in [0, 0.05) is 26.2 Å². The van der Waals surface area contributed by atoms with Crippen molar-refractivity contribution in [2.24, 2.45) is 11.8 Å². The van der Waals surface area contributed by atoms with Gasteiger partial charge in [-0.3, -0.25) is 24.1 Å². The molecule has 11 heteroatoms. The number of fused-ring (bicyclic) bond motifs is 1. The molecule has 0 saturated carbocycles. The largest absolute Gasteiger partial charge is 0.491 e. The fourth-order valence-corrected chi connectivity index (χ4v) is 5.66. The van der Waals surface area contributed by atoms with E-state index in [0.29, 0.717) is 18.6 Å². The van der Waals surface area contributed by atoms with Crippen molar-refractivity contribution in [1.29, 1.82) is 0 Å². The van der Waals surface area contributed by atoms with Crippen LogP contribution in [0, 0.1) is 11.8 Å². The van der Waals surface area contributed by atoms with Crippen LogP contribution in [0.25, 0.3) is 0 Å². The molecule has 0 aliphatic carbocycles. The molecule has 2 aliphatic heterocycles. The molecule has 1 fully saturated rings. The fraction of sp³-hybridized carbons (Fsp3) is 0.543. The van der Waals surface area contributed by atoms with Gasteiger partial charge in [-0.2, -0.15) is 0 Å². The van der Waals surface area contributed by atoms with Crippen molar-refractivity contribution in [2.45, 2.75) is 78.2 Å². The molecule has 2 aliphatic rings. The minimum Gasteiger partial charge on any atom is -0.491 e. The van der Waals surface area contributed by atoms with Crippen LogP contribution in [0.15, 0.2) is 48.5 Å². The van der Waals surface area contributed by atoms with Gasteiger partial charge in [0.15, 0.2) is 0 Å². The zero-order valence-electron chi connectivity index (χ0n) is 27.5. The molecule has 2 aromatic rings. The zero-order chi connectivity index (χ0) is 33.1. The Labute approximate surface area is 272 Å². The smallest absolute Gasteiger partial charge is 0.255 e. The van der Waals surface area contributed by atoms with E-state index in [-0.39, 0.29) is 48.9 Å². The van der Waals surface area contributed by atoms with E-state index < -0.39 is 29.8 Å². The summed E-state index contributed by atoms with van der Waals surface area (Å²) < 4.78 is 11.5. The first kappa shape index (κ1) is 34.9. The Morgan fingerprint density at radius 3 is 2.35 bits per heavy atom. The van der Waals surface area contributed by atoms with Crippen LogP contribution in [0.1, 0.15) is 68.4 Å². The number of ether oxygens (including phenoxy) is 2. The Morgan fingerprint density at radius 1 is 0.957 bits per heavy atom. The van der Waals surface area contributed by atoms with Crippen LogP contribution in [-0.2, 0) is 32.2 Å². The Morgan fingerprint density at radius 2 is 1.65 bits per heavy atom. The van der Waals surface area contributed by atoms with Gasteiger partial charge in [0.05, 0.1) is 31.2 Å². The van der Waals surface area contributed by atoms with E-state index in [9.17, 15) is 19.2 Å². The summed E-state index contributed by atoms with van der Waals surface area (Å²) in [6.45, 7) is 12.4. The molecule has 0 spiro atoms. The van der Waals surface area contributed by atoms with Crippen LogP contribution < -0.4 is 26.0 Å². The molecule has 2 aromatic carbocycles. The number of rotatable bonds is 9. The van der Waals surface area contributed by atoms with Crippen LogP contribution in [0.2, 0.25) is 0 Å². The molecule has 0 bridgehead atoms. The first-order valence-electron chi connectivity index (χ1n) is 16.4. The Hall–Kier alpha value is -3.96. The lowest BCUT2D eigenvalue weighted by atomic mass is 9.96. The summed E-state index contributed by atoms with van der Waals surface area (Å²) in [5, 5.41) is 11.5. The molecule has 2 heterocycles. The fourth-order valence-electron chi connectivity index (χ4n) is 5.66. The van der Waals surface area contributed by atoms with E-state index in [2.05, 4.69) is 40.0 Å². The second-order valence-corrected chi connectivity index (χ2v) is 12.7. The number of hydrogen-bond acceptors (Lipinski definition) is 7. The number of carbonyl (C=O) groups is 4. The molecule has 1 saturated heterocycles. The number of benzene rings is 2. The Balaban J connectivity index is 1.51. The van der Waals surface area contributed by atoms with Gasteiger partial charge in [0.2, 0.25) is 17.7 Å². The van der Waals surface area contributed by atoms with Crippen LogP contribution in [-0.4, -0.2) is 79.6 Å². The normalized spacial score (nSPS) is 22.4. The average Bonchev–Trinajstić information content (AvgIpc) is 3.04. The third kappa shape index (κ3) is 10.3. The van der Waals surface area contributed by atoms with Gasteiger partial charge >= 0.3 is 0 Å². The maximum Gasteiger partial charge on any atom is 0.255 e. The molecule has 250 valence electrons. The van der Waals surface area contributed by atoms with Gasteiger partial charge in [-0.15, -0.1) is 0 Å². The number of nitrogens with one attached hydrogen (secondary N) is 4. The highest BCUT2D eigenvalue weighted by Gasteiger charge is 2.32. The van der Waals surface area contributed by atoms with Gasteiger partial charge < -0.3 is 30.7 Å². The predicted molar refractivity (Wildman–Crippen MR) is 175 cm³/mol. The summed E-state index contributed by atoms with van der Waals surface area (Å²) in [7, 11) is 0. The molecular weight excluding hydrogens is 586 g/mol. The van der Waals surface area contributed by atoms with Gasteiger partial charge in [-0.25, -0.2) is 0 Å². The SMILES string of the molecule is CC[C@H](C)[C@@H]1NC(=O)C[C@@H](C(=O)NCc2ccc(CN3CCOCC3)cc2)NC(=O)c2ccccc2OC[C@@H](CC(C)C)NC1=O. The van der Waals surface area contributed by atoms with Crippen molar-refractivity contribution in [1.82, 2.24) is 26.2 Å². The molecule has 11 nitrogen and oxygen atoms in total. The molecule has 4 amide bonds. The van der Waals surface area contributed by atoms with Gasteiger partial charge in [0.1, 0.15) is 24.4 Å². The van der Waals surface area contributed by atoms with Crippen LogP contribution in [0.3, 0.4) is 0 Å². The van der Waals surface area contributed by atoms with Crippen LogP contribution in [0.5, 0.6) is 5.75 Å². The third-order valence-electron chi connectivity index (χ3n) is 8.50. The summed E-state index contributed by atoms with van der Waals surface area (Å²) >= 11 is 0. The van der Waals surface area contributed by atoms with Crippen molar-refractivity contribution in [3.63, 3.8) is 0 Å². The van der Waals surface area contributed by atoms with E-state index in [4.69, 9.17) is 9.47 Å². The molecule has 0 aromatic heterocycles. The lowest BCUT2D eigenvalue weighted by Gasteiger charge is -2.29. The number of nitrogens with zero attached hydrogens (tertiary/aromatic N) is 1. The van der Waals surface area contributed by atoms with E-state index in [1.54, 1.807) is 24.3 Å². The number of morpholine rings is 1. The van der Waals surface area contributed by atoms with Crippen LogP contribution in [0.4, 0.5) is 0 Å². The lowest BCUT2D eigenvalue weighted by Crippen LogP contribution is -2.55. The first-order chi connectivity index (χ1) is 22.1. The monoisotopic (exact) mass is 635 g/mol. The van der Waals surface area contributed by atoms with Crippen molar-refractivity contribution in [2.75, 3.05) is 32.9 Å². The highest BCUT2D eigenvalue weighted by molar-refractivity contribution is 6.01. The Kier molecular flexibility index (Phi) is 13.0. The van der Waals surface area contributed by atoms with Gasteiger partial charge in [-0.05, 0) is 41.5 Å². The minimum absolute atomic E-state index is 0.143. The van der Waals surface area contributed by atoms with Crippen molar-refractivity contribution in [3.8, 4) is 5.75 Å². The van der Waals surface area contributed by atoms with Crippen molar-refractivity contribution in [3.05, 3.63) is 65.2 Å². The number of para-hydroxylation sites is 1. The molecular formula is C35H49N5O6. The van der Waals surface area contributed by atoms with Crippen molar-refractivity contribution < 1.29 is 28.7 Å².